The molecule has 106 valence electrons. The Morgan fingerprint density at radius 1 is 1.40 bits per heavy atom. The molecule has 2 amide bonds. The largest absolute Gasteiger partial charge is 0.324 e. The van der Waals surface area contributed by atoms with Crippen LogP contribution in [0, 0.1) is 28.4 Å². The van der Waals surface area contributed by atoms with Gasteiger partial charge in [-0.05, 0) is 31.9 Å². The van der Waals surface area contributed by atoms with E-state index in [4.69, 9.17) is 5.26 Å². The number of nitriles is 1. The summed E-state index contributed by atoms with van der Waals surface area (Å²) in [4.78, 5) is 13.5. The summed E-state index contributed by atoms with van der Waals surface area (Å²) >= 11 is 0. The normalized spacial score (nSPS) is 17.4. The highest BCUT2D eigenvalue weighted by atomic mass is 19.1. The fourth-order valence-electron chi connectivity index (χ4n) is 2.10. The van der Waals surface area contributed by atoms with Crippen molar-refractivity contribution in [3.8, 4) is 6.07 Å². The lowest BCUT2D eigenvalue weighted by atomic mass is 9.82. The van der Waals surface area contributed by atoms with E-state index in [9.17, 15) is 13.6 Å². The van der Waals surface area contributed by atoms with E-state index in [2.05, 4.69) is 11.4 Å². The maximum absolute atomic E-state index is 13.4. The van der Waals surface area contributed by atoms with E-state index in [1.165, 1.54) is 11.0 Å². The van der Waals surface area contributed by atoms with E-state index in [1.807, 2.05) is 6.92 Å². The molecule has 0 aliphatic carbocycles. The third-order valence-electron chi connectivity index (χ3n) is 3.60. The Hall–Kier alpha value is -2.16. The molecule has 0 unspecified atom stereocenters. The Kier molecular flexibility index (Phi) is 3.89. The number of halogens is 2. The number of amides is 2. The van der Waals surface area contributed by atoms with Crippen LogP contribution in [0.3, 0.4) is 0 Å². The minimum atomic E-state index is -0.808. The second-order valence-electron chi connectivity index (χ2n) is 5.21. The van der Waals surface area contributed by atoms with Crippen molar-refractivity contribution in [3.63, 3.8) is 0 Å². The number of carbonyl (C=O) groups is 1. The first kappa shape index (κ1) is 14.3. The molecule has 6 heteroatoms. The fraction of sp³-hybridized carbons (Fsp3) is 0.429. The zero-order chi connectivity index (χ0) is 14.8. The van der Waals surface area contributed by atoms with E-state index >= 15 is 0 Å². The van der Waals surface area contributed by atoms with Crippen molar-refractivity contribution in [2.75, 3.05) is 18.4 Å². The van der Waals surface area contributed by atoms with Gasteiger partial charge in [-0.25, -0.2) is 13.6 Å². The molecule has 4 nitrogen and oxygen atoms in total. The predicted molar refractivity (Wildman–Crippen MR) is 69.9 cm³/mol. The summed E-state index contributed by atoms with van der Waals surface area (Å²) in [5.74, 6) is -1.50. The predicted octanol–water partition coefficient (Wildman–Crippen LogP) is 3.12. The molecule has 1 aliphatic heterocycles. The Bertz CT molecular complexity index is 560. The molecule has 1 aromatic carbocycles. The highest BCUT2D eigenvalue weighted by molar-refractivity contribution is 5.89. The lowest BCUT2D eigenvalue weighted by Crippen LogP contribution is -2.43. The highest BCUT2D eigenvalue weighted by Crippen LogP contribution is 2.30. The van der Waals surface area contributed by atoms with Gasteiger partial charge in [-0.2, -0.15) is 5.26 Å². The average Bonchev–Trinajstić information content (AvgIpc) is 2.42. The molecule has 1 N–H and O–H groups in total. The van der Waals surface area contributed by atoms with Gasteiger partial charge in [0.2, 0.25) is 0 Å². The number of nitrogens with one attached hydrogen (secondary N) is 1. The molecule has 20 heavy (non-hydrogen) atoms. The first-order valence-electron chi connectivity index (χ1n) is 6.36. The molecular weight excluding hydrogens is 264 g/mol. The van der Waals surface area contributed by atoms with Crippen LogP contribution in [0.25, 0.3) is 0 Å². The van der Waals surface area contributed by atoms with Crippen LogP contribution < -0.4 is 5.32 Å². The summed E-state index contributed by atoms with van der Waals surface area (Å²) in [6.07, 6.45) is 1.17. The zero-order valence-corrected chi connectivity index (χ0v) is 11.1. The Morgan fingerprint density at radius 2 is 2.05 bits per heavy atom. The number of piperidine rings is 1. The van der Waals surface area contributed by atoms with Crippen LogP contribution in [-0.4, -0.2) is 24.0 Å². The number of rotatable bonds is 1. The van der Waals surface area contributed by atoms with E-state index in [0.717, 1.165) is 12.1 Å². The van der Waals surface area contributed by atoms with Crippen LogP contribution in [0.5, 0.6) is 0 Å². The number of hydrogen-bond donors (Lipinski definition) is 1. The number of likely N-dealkylation sites (tertiary alicyclic amines) is 1. The van der Waals surface area contributed by atoms with Crippen LogP contribution in [-0.2, 0) is 0 Å². The van der Waals surface area contributed by atoms with Crippen molar-refractivity contribution in [3.05, 3.63) is 29.8 Å². The summed E-state index contributed by atoms with van der Waals surface area (Å²) in [6.45, 7) is 2.75. The number of hydrogen-bond acceptors (Lipinski definition) is 2. The Labute approximate surface area is 116 Å². The molecule has 1 aromatic rings. The SMILES string of the molecule is CC1(C#N)CCN(C(=O)Nc2ccc(F)cc2F)CC1. The lowest BCUT2D eigenvalue weighted by molar-refractivity contribution is 0.166. The number of urea groups is 1. The first-order valence-corrected chi connectivity index (χ1v) is 6.36. The summed E-state index contributed by atoms with van der Waals surface area (Å²) in [7, 11) is 0. The second kappa shape index (κ2) is 5.45. The van der Waals surface area contributed by atoms with Crippen LogP contribution in [0.2, 0.25) is 0 Å². The summed E-state index contributed by atoms with van der Waals surface area (Å²) in [5.41, 5.74) is -0.456. The van der Waals surface area contributed by atoms with E-state index < -0.39 is 23.1 Å². The van der Waals surface area contributed by atoms with Crippen molar-refractivity contribution in [2.24, 2.45) is 5.41 Å². The number of carbonyl (C=O) groups excluding carboxylic acids is 1. The van der Waals surface area contributed by atoms with Crippen LogP contribution in [0.1, 0.15) is 19.8 Å². The maximum atomic E-state index is 13.4. The topological polar surface area (TPSA) is 56.1 Å². The first-order chi connectivity index (χ1) is 9.43. The molecule has 1 saturated heterocycles. The van der Waals surface area contributed by atoms with Gasteiger partial charge >= 0.3 is 6.03 Å². The summed E-state index contributed by atoms with van der Waals surface area (Å²) in [5, 5.41) is 11.4. The molecule has 2 rings (SSSR count). The van der Waals surface area contributed by atoms with Crippen molar-refractivity contribution < 1.29 is 13.6 Å². The molecule has 0 atom stereocenters. The van der Waals surface area contributed by atoms with Crippen LogP contribution in [0.15, 0.2) is 18.2 Å². The third kappa shape index (κ3) is 3.05. The molecule has 1 aliphatic rings. The van der Waals surface area contributed by atoms with Crippen molar-refractivity contribution in [1.29, 1.82) is 5.26 Å². The summed E-state index contributed by atoms with van der Waals surface area (Å²) in [6, 6.07) is 4.80. The molecular formula is C14H15F2N3O. The van der Waals surface area contributed by atoms with E-state index in [0.29, 0.717) is 25.9 Å². The van der Waals surface area contributed by atoms with Gasteiger partial charge in [0.15, 0.2) is 0 Å². The van der Waals surface area contributed by atoms with Gasteiger partial charge in [0.05, 0.1) is 17.2 Å². The monoisotopic (exact) mass is 279 g/mol. The lowest BCUT2D eigenvalue weighted by Gasteiger charge is -2.34. The molecule has 0 spiro atoms. The van der Waals surface area contributed by atoms with Gasteiger partial charge in [0.1, 0.15) is 11.6 Å². The van der Waals surface area contributed by atoms with Gasteiger partial charge in [0, 0.05) is 19.2 Å². The minimum absolute atomic E-state index is 0.0509. The van der Waals surface area contributed by atoms with Crippen LogP contribution in [0.4, 0.5) is 19.3 Å². The number of anilines is 1. The average molecular weight is 279 g/mol. The van der Waals surface area contributed by atoms with Gasteiger partial charge in [-0.1, -0.05) is 0 Å². The molecule has 1 heterocycles. The molecule has 0 bridgehead atoms. The zero-order valence-electron chi connectivity index (χ0n) is 11.1. The smallest absolute Gasteiger partial charge is 0.321 e. The minimum Gasteiger partial charge on any atom is -0.324 e. The Morgan fingerprint density at radius 3 is 2.60 bits per heavy atom. The standard InChI is InChI=1S/C14H15F2N3O/c1-14(9-17)4-6-19(7-5-14)13(20)18-12-3-2-10(15)8-11(12)16/h2-3,8H,4-7H2,1H3,(H,18,20). The van der Waals surface area contributed by atoms with E-state index in [1.54, 1.807) is 0 Å². The molecule has 0 radical (unpaired) electrons. The molecule has 1 fully saturated rings. The number of nitrogens with zero attached hydrogens (tertiary/aromatic N) is 2. The van der Waals surface area contributed by atoms with Gasteiger partial charge in [0.25, 0.3) is 0 Å². The quantitative estimate of drug-likeness (QED) is 0.858. The number of benzene rings is 1. The third-order valence-corrected chi connectivity index (χ3v) is 3.60. The van der Waals surface area contributed by atoms with E-state index in [-0.39, 0.29) is 5.69 Å². The fourth-order valence-corrected chi connectivity index (χ4v) is 2.10. The van der Waals surface area contributed by atoms with Gasteiger partial charge < -0.3 is 10.2 Å². The molecule has 0 saturated carbocycles. The second-order valence-corrected chi connectivity index (χ2v) is 5.21. The van der Waals surface area contributed by atoms with Crippen LogP contribution >= 0.6 is 0 Å². The Balaban J connectivity index is 1.98. The maximum Gasteiger partial charge on any atom is 0.321 e. The highest BCUT2D eigenvalue weighted by Gasteiger charge is 2.31. The van der Waals surface area contributed by atoms with Crippen molar-refractivity contribution in [2.45, 2.75) is 19.8 Å². The van der Waals surface area contributed by atoms with Gasteiger partial charge in [-0.3, -0.25) is 0 Å². The van der Waals surface area contributed by atoms with Gasteiger partial charge in [-0.15, -0.1) is 0 Å². The molecule has 0 aromatic heterocycles. The van der Waals surface area contributed by atoms with Crippen molar-refractivity contribution in [1.82, 2.24) is 4.90 Å². The van der Waals surface area contributed by atoms with Crippen molar-refractivity contribution >= 4 is 11.7 Å². The summed E-state index contributed by atoms with van der Waals surface area (Å²) < 4.78 is 26.2.